The summed E-state index contributed by atoms with van der Waals surface area (Å²) in [5.74, 6) is -0.878. The number of hydrogen-bond donors (Lipinski definition) is 2. The molecule has 0 fully saturated rings. The van der Waals surface area contributed by atoms with Gasteiger partial charge in [0.2, 0.25) is 0 Å². The molecule has 0 amide bonds. The third-order valence-corrected chi connectivity index (χ3v) is 10.7. The standard InChI is InChI=1S/C42H84NO8P/c1-3-5-6-7-8-9-10-11-12-13-14-15-16-17-18-19-20-21-22-23-24-25-26-27-28-29-30-31-32-33-35-41(44)48-38-40(51-42(45)34-4-2)39-50-52(46,47)49-37-36-43/h40H,3-39,43H2,1-2H3,(H,46,47)/t40-/m1/s1. The van der Waals surface area contributed by atoms with Crippen LogP contribution in [0.25, 0.3) is 0 Å². The number of carbonyl (C=O) groups is 2. The predicted octanol–water partition coefficient (Wildman–Crippen LogP) is 12.4. The highest BCUT2D eigenvalue weighted by Gasteiger charge is 2.25. The van der Waals surface area contributed by atoms with Gasteiger partial charge in [-0.05, 0) is 12.8 Å². The Morgan fingerprint density at radius 3 is 1.21 bits per heavy atom. The fourth-order valence-corrected chi connectivity index (χ4v) is 7.26. The Hall–Kier alpha value is -0.990. The minimum Gasteiger partial charge on any atom is -0.462 e. The van der Waals surface area contributed by atoms with Gasteiger partial charge in [-0.15, -0.1) is 0 Å². The second-order valence-corrected chi connectivity index (χ2v) is 16.4. The molecule has 0 spiro atoms. The van der Waals surface area contributed by atoms with Crippen molar-refractivity contribution in [3.05, 3.63) is 0 Å². The molecule has 1 unspecified atom stereocenters. The molecule has 10 heteroatoms. The Morgan fingerprint density at radius 1 is 0.500 bits per heavy atom. The molecule has 0 aromatic carbocycles. The maximum Gasteiger partial charge on any atom is 0.472 e. The third-order valence-electron chi connectivity index (χ3n) is 9.71. The molecule has 0 heterocycles. The van der Waals surface area contributed by atoms with Crippen molar-refractivity contribution in [2.75, 3.05) is 26.4 Å². The minimum absolute atomic E-state index is 0.0557. The van der Waals surface area contributed by atoms with Crippen LogP contribution in [0.5, 0.6) is 0 Å². The Labute approximate surface area is 320 Å². The molecular weight excluding hydrogens is 677 g/mol. The van der Waals surface area contributed by atoms with Gasteiger partial charge in [0.25, 0.3) is 0 Å². The third kappa shape index (κ3) is 38.7. The van der Waals surface area contributed by atoms with E-state index in [-0.39, 0.29) is 38.6 Å². The fraction of sp³-hybridized carbons (Fsp3) is 0.952. The second-order valence-electron chi connectivity index (χ2n) is 14.9. The zero-order chi connectivity index (χ0) is 38.2. The summed E-state index contributed by atoms with van der Waals surface area (Å²) < 4.78 is 32.0. The van der Waals surface area contributed by atoms with Gasteiger partial charge in [-0.3, -0.25) is 18.6 Å². The molecule has 2 atom stereocenters. The number of phosphoric acid groups is 1. The van der Waals surface area contributed by atoms with E-state index >= 15 is 0 Å². The number of ether oxygens (including phenoxy) is 2. The predicted molar refractivity (Wildman–Crippen MR) is 215 cm³/mol. The zero-order valence-corrected chi connectivity index (χ0v) is 35.0. The van der Waals surface area contributed by atoms with Gasteiger partial charge in [0.15, 0.2) is 6.10 Å². The molecule has 0 rings (SSSR count). The van der Waals surface area contributed by atoms with Crippen molar-refractivity contribution in [2.45, 2.75) is 232 Å². The monoisotopic (exact) mass is 762 g/mol. The van der Waals surface area contributed by atoms with Crippen molar-refractivity contribution >= 4 is 19.8 Å². The van der Waals surface area contributed by atoms with Gasteiger partial charge in [0.05, 0.1) is 13.2 Å². The first-order valence-electron chi connectivity index (χ1n) is 22.0. The summed E-state index contributed by atoms with van der Waals surface area (Å²) in [7, 11) is -4.34. The molecule has 0 bridgehead atoms. The molecule has 0 aromatic heterocycles. The highest BCUT2D eigenvalue weighted by atomic mass is 31.2. The van der Waals surface area contributed by atoms with Gasteiger partial charge >= 0.3 is 19.8 Å². The number of unbranched alkanes of at least 4 members (excludes halogenated alkanes) is 29. The van der Waals surface area contributed by atoms with Gasteiger partial charge in [-0.25, -0.2) is 4.57 Å². The van der Waals surface area contributed by atoms with Crippen LogP contribution in [-0.2, 0) is 32.7 Å². The largest absolute Gasteiger partial charge is 0.472 e. The number of rotatable bonds is 42. The molecule has 0 saturated heterocycles. The van der Waals surface area contributed by atoms with E-state index in [0.29, 0.717) is 6.42 Å². The van der Waals surface area contributed by atoms with Crippen LogP contribution in [0.2, 0.25) is 0 Å². The summed E-state index contributed by atoms with van der Waals surface area (Å²) in [4.78, 5) is 33.8. The minimum atomic E-state index is -4.34. The number of phosphoric ester groups is 1. The van der Waals surface area contributed by atoms with Gasteiger partial charge in [-0.2, -0.15) is 0 Å². The normalized spacial score (nSPS) is 13.2. The van der Waals surface area contributed by atoms with Crippen molar-refractivity contribution in [2.24, 2.45) is 5.73 Å². The highest BCUT2D eigenvalue weighted by molar-refractivity contribution is 7.47. The van der Waals surface area contributed by atoms with Crippen molar-refractivity contribution in [3.8, 4) is 0 Å². The van der Waals surface area contributed by atoms with Crippen LogP contribution in [0.4, 0.5) is 0 Å². The van der Waals surface area contributed by atoms with E-state index < -0.39 is 26.5 Å². The van der Waals surface area contributed by atoms with Crippen LogP contribution >= 0.6 is 7.82 Å². The number of carbonyl (C=O) groups excluding carboxylic acids is 2. The summed E-state index contributed by atoms with van der Waals surface area (Å²) in [6, 6.07) is 0. The number of nitrogens with two attached hydrogens (primary N) is 1. The van der Waals surface area contributed by atoms with Crippen molar-refractivity contribution in [1.29, 1.82) is 0 Å². The van der Waals surface area contributed by atoms with E-state index in [4.69, 9.17) is 19.7 Å². The van der Waals surface area contributed by atoms with Crippen LogP contribution in [-0.4, -0.2) is 49.3 Å². The maximum atomic E-state index is 12.2. The topological polar surface area (TPSA) is 134 Å². The molecule has 0 aliphatic heterocycles. The molecule has 9 nitrogen and oxygen atoms in total. The summed E-state index contributed by atoms with van der Waals surface area (Å²) in [5, 5.41) is 0. The molecule has 52 heavy (non-hydrogen) atoms. The van der Waals surface area contributed by atoms with E-state index in [1.807, 2.05) is 6.92 Å². The van der Waals surface area contributed by atoms with Crippen molar-refractivity contribution in [3.63, 3.8) is 0 Å². The number of hydrogen-bond acceptors (Lipinski definition) is 8. The highest BCUT2D eigenvalue weighted by Crippen LogP contribution is 2.43. The Kier molecular flexibility index (Phi) is 38.9. The summed E-state index contributed by atoms with van der Waals surface area (Å²) >= 11 is 0. The summed E-state index contributed by atoms with van der Waals surface area (Å²) in [6.45, 7) is 3.36. The van der Waals surface area contributed by atoms with E-state index in [0.717, 1.165) is 19.3 Å². The van der Waals surface area contributed by atoms with E-state index in [2.05, 4.69) is 11.4 Å². The van der Waals surface area contributed by atoms with Crippen LogP contribution < -0.4 is 5.73 Å². The van der Waals surface area contributed by atoms with Crippen molar-refractivity contribution < 1.29 is 37.6 Å². The first kappa shape index (κ1) is 51.0. The van der Waals surface area contributed by atoms with E-state index in [9.17, 15) is 19.0 Å². The molecular formula is C42H84NO8P. The molecule has 0 saturated carbocycles. The first-order valence-corrected chi connectivity index (χ1v) is 23.5. The Bertz CT molecular complexity index is 830. The maximum absolute atomic E-state index is 12.2. The Balaban J connectivity index is 3.51. The summed E-state index contributed by atoms with van der Waals surface area (Å²) in [6.07, 6.45) is 40.8. The molecule has 0 radical (unpaired) electrons. The van der Waals surface area contributed by atoms with E-state index in [1.165, 1.54) is 173 Å². The SMILES string of the molecule is CCCCCCCCCCCCCCCCCCCCCCCCCCCCCCCCC(=O)OC[C@H](COP(=O)(O)OCCN)OC(=O)CCC. The molecule has 3 N–H and O–H groups in total. The average Bonchev–Trinajstić information content (AvgIpc) is 3.12. The quantitative estimate of drug-likeness (QED) is 0.0354. The molecule has 0 aromatic rings. The van der Waals surface area contributed by atoms with Crippen molar-refractivity contribution in [1.82, 2.24) is 0 Å². The van der Waals surface area contributed by atoms with Crippen LogP contribution in [0, 0.1) is 0 Å². The molecule has 0 aliphatic rings. The lowest BCUT2D eigenvalue weighted by Gasteiger charge is -2.19. The zero-order valence-electron chi connectivity index (χ0n) is 34.1. The Morgan fingerprint density at radius 2 is 0.865 bits per heavy atom. The lowest BCUT2D eigenvalue weighted by Crippen LogP contribution is -2.29. The molecule has 310 valence electrons. The smallest absolute Gasteiger partial charge is 0.462 e. The average molecular weight is 762 g/mol. The second kappa shape index (κ2) is 39.7. The first-order chi connectivity index (χ1) is 25.3. The fourth-order valence-electron chi connectivity index (χ4n) is 6.50. The van der Waals surface area contributed by atoms with Gasteiger partial charge in [0.1, 0.15) is 6.61 Å². The lowest BCUT2D eigenvalue weighted by molar-refractivity contribution is -0.161. The van der Waals surface area contributed by atoms with Gasteiger partial charge in [0, 0.05) is 19.4 Å². The summed E-state index contributed by atoms with van der Waals surface area (Å²) in [5.41, 5.74) is 5.28. The van der Waals surface area contributed by atoms with Gasteiger partial charge in [-0.1, -0.05) is 200 Å². The van der Waals surface area contributed by atoms with Crippen LogP contribution in [0.15, 0.2) is 0 Å². The number of esters is 2. The van der Waals surface area contributed by atoms with Crippen LogP contribution in [0.3, 0.4) is 0 Å². The van der Waals surface area contributed by atoms with E-state index in [1.54, 1.807) is 0 Å². The lowest BCUT2D eigenvalue weighted by atomic mass is 10.0. The molecule has 0 aliphatic carbocycles. The van der Waals surface area contributed by atoms with Gasteiger partial charge < -0.3 is 20.1 Å². The van der Waals surface area contributed by atoms with Crippen LogP contribution in [0.1, 0.15) is 226 Å².